The van der Waals surface area contributed by atoms with Gasteiger partial charge in [-0.15, -0.1) is 0 Å². The van der Waals surface area contributed by atoms with Gasteiger partial charge in [0.05, 0.1) is 5.92 Å². The van der Waals surface area contributed by atoms with E-state index in [0.717, 1.165) is 0 Å². The van der Waals surface area contributed by atoms with Crippen LogP contribution in [0.25, 0.3) is 0 Å². The van der Waals surface area contributed by atoms with Crippen molar-refractivity contribution >= 4 is 16.0 Å². The van der Waals surface area contributed by atoms with Crippen molar-refractivity contribution in [2.24, 2.45) is 5.92 Å². The largest absolute Gasteiger partial charge is 0.481 e. The van der Waals surface area contributed by atoms with Crippen molar-refractivity contribution in [2.45, 2.75) is 31.6 Å². The van der Waals surface area contributed by atoms with Gasteiger partial charge in [0.1, 0.15) is 16.4 Å². The molecule has 0 radical (unpaired) electrons. The average Bonchev–Trinajstić information content (AvgIpc) is 2.69. The normalized spacial score (nSPS) is 21.5. The molecule has 19 heavy (non-hydrogen) atoms. The molecule has 1 saturated heterocycles. The summed E-state index contributed by atoms with van der Waals surface area (Å²) in [5.41, 5.74) is 0. The van der Waals surface area contributed by atoms with Gasteiger partial charge in [-0.2, -0.15) is 4.31 Å². The maximum Gasteiger partial charge on any atom is 0.307 e. The zero-order valence-corrected chi connectivity index (χ0v) is 11.7. The lowest BCUT2D eigenvalue weighted by molar-refractivity contribution is -0.142. The predicted molar refractivity (Wildman–Crippen MR) is 67.3 cm³/mol. The molecule has 0 aliphatic carbocycles. The number of aryl methyl sites for hydroxylation is 2. The molecule has 0 spiro atoms. The molecule has 1 aromatic heterocycles. The Kier molecular flexibility index (Phi) is 3.69. The number of carboxylic acids is 1. The highest BCUT2D eigenvalue weighted by molar-refractivity contribution is 7.89. The number of carbonyl (C=O) groups is 1. The van der Waals surface area contributed by atoms with E-state index < -0.39 is 21.9 Å². The highest BCUT2D eigenvalue weighted by Crippen LogP contribution is 2.27. The number of hydrogen-bond acceptors (Lipinski definition) is 4. The van der Waals surface area contributed by atoms with E-state index >= 15 is 0 Å². The SMILES string of the molecule is Cc1cc(S(=O)(=O)N2CCCC(C(=O)O)C2)c(C)o1. The second-order valence-corrected chi connectivity index (χ2v) is 6.72. The number of aliphatic carboxylic acids is 1. The molecule has 0 aromatic carbocycles. The van der Waals surface area contributed by atoms with Crippen LogP contribution in [0.3, 0.4) is 0 Å². The zero-order chi connectivity index (χ0) is 14.2. The predicted octanol–water partition coefficient (Wildman–Crippen LogP) is 1.38. The molecular formula is C12H17NO5S. The number of nitrogens with zero attached hydrogens (tertiary/aromatic N) is 1. The third kappa shape index (κ3) is 2.66. The maximum atomic E-state index is 12.5. The van der Waals surface area contributed by atoms with Gasteiger partial charge in [0.25, 0.3) is 0 Å². The summed E-state index contributed by atoms with van der Waals surface area (Å²) in [4.78, 5) is 11.1. The molecule has 1 atom stereocenters. The Balaban J connectivity index is 2.29. The molecular weight excluding hydrogens is 270 g/mol. The minimum absolute atomic E-state index is 0.0291. The number of rotatable bonds is 3. The van der Waals surface area contributed by atoms with Crippen LogP contribution < -0.4 is 0 Å². The molecule has 1 aromatic rings. The van der Waals surface area contributed by atoms with Gasteiger partial charge in [-0.05, 0) is 32.8 Å². The fourth-order valence-corrected chi connectivity index (χ4v) is 4.11. The Bertz CT molecular complexity index is 589. The molecule has 1 aliphatic rings. The highest BCUT2D eigenvalue weighted by atomic mass is 32.2. The van der Waals surface area contributed by atoms with Crippen molar-refractivity contribution in [3.63, 3.8) is 0 Å². The maximum absolute atomic E-state index is 12.5. The first kappa shape index (κ1) is 14.1. The van der Waals surface area contributed by atoms with Gasteiger partial charge in [-0.3, -0.25) is 4.79 Å². The Labute approximate surface area is 112 Å². The number of piperidine rings is 1. The van der Waals surface area contributed by atoms with Gasteiger partial charge in [-0.1, -0.05) is 0 Å². The number of hydrogen-bond donors (Lipinski definition) is 1. The van der Waals surface area contributed by atoms with E-state index in [0.29, 0.717) is 30.9 Å². The second kappa shape index (κ2) is 4.97. The monoisotopic (exact) mass is 287 g/mol. The van der Waals surface area contributed by atoms with Crippen LogP contribution in [-0.2, 0) is 14.8 Å². The first-order valence-electron chi connectivity index (χ1n) is 6.12. The summed E-state index contributed by atoms with van der Waals surface area (Å²) in [6, 6.07) is 1.48. The van der Waals surface area contributed by atoms with Crippen LogP contribution in [0.4, 0.5) is 0 Å². The summed E-state index contributed by atoms with van der Waals surface area (Å²) in [6.45, 7) is 3.66. The van der Waals surface area contributed by atoms with Gasteiger partial charge >= 0.3 is 5.97 Å². The van der Waals surface area contributed by atoms with E-state index in [1.54, 1.807) is 13.8 Å². The molecule has 0 saturated carbocycles. The molecule has 106 valence electrons. The van der Waals surface area contributed by atoms with Crippen molar-refractivity contribution in [1.29, 1.82) is 0 Å². The Morgan fingerprint density at radius 2 is 2.16 bits per heavy atom. The second-order valence-electron chi connectivity index (χ2n) is 4.82. The summed E-state index contributed by atoms with van der Waals surface area (Å²) in [7, 11) is -3.66. The van der Waals surface area contributed by atoms with E-state index in [1.807, 2.05) is 0 Å². The third-order valence-electron chi connectivity index (χ3n) is 3.35. The summed E-state index contributed by atoms with van der Waals surface area (Å²) in [5.74, 6) is -0.699. The van der Waals surface area contributed by atoms with Crippen LogP contribution in [-0.4, -0.2) is 36.9 Å². The molecule has 2 heterocycles. The Morgan fingerprint density at radius 1 is 1.47 bits per heavy atom. The van der Waals surface area contributed by atoms with Crippen LogP contribution in [0.5, 0.6) is 0 Å². The van der Waals surface area contributed by atoms with Gasteiger partial charge in [0, 0.05) is 13.1 Å². The minimum Gasteiger partial charge on any atom is -0.481 e. The van der Waals surface area contributed by atoms with Gasteiger partial charge in [-0.25, -0.2) is 8.42 Å². The lowest BCUT2D eigenvalue weighted by Crippen LogP contribution is -2.42. The fraction of sp³-hybridized carbons (Fsp3) is 0.583. The lowest BCUT2D eigenvalue weighted by Gasteiger charge is -2.29. The van der Waals surface area contributed by atoms with Crippen LogP contribution in [0.15, 0.2) is 15.4 Å². The van der Waals surface area contributed by atoms with Crippen LogP contribution in [0.1, 0.15) is 24.4 Å². The van der Waals surface area contributed by atoms with Crippen LogP contribution in [0, 0.1) is 19.8 Å². The molecule has 1 N–H and O–H groups in total. The van der Waals surface area contributed by atoms with Crippen molar-refractivity contribution in [3.8, 4) is 0 Å². The highest BCUT2D eigenvalue weighted by Gasteiger charge is 2.34. The number of carboxylic acid groups (broad SMARTS) is 1. The number of furan rings is 1. The molecule has 6 nitrogen and oxygen atoms in total. The van der Waals surface area contributed by atoms with E-state index in [4.69, 9.17) is 9.52 Å². The molecule has 2 rings (SSSR count). The zero-order valence-electron chi connectivity index (χ0n) is 10.9. The van der Waals surface area contributed by atoms with Gasteiger partial charge < -0.3 is 9.52 Å². The van der Waals surface area contributed by atoms with Crippen molar-refractivity contribution in [3.05, 3.63) is 17.6 Å². The van der Waals surface area contributed by atoms with Gasteiger partial charge in [0.15, 0.2) is 0 Å². The van der Waals surface area contributed by atoms with Crippen molar-refractivity contribution < 1.29 is 22.7 Å². The molecule has 1 aliphatic heterocycles. The molecule has 1 unspecified atom stereocenters. The van der Waals surface area contributed by atoms with Gasteiger partial charge in [0.2, 0.25) is 10.0 Å². The fourth-order valence-electron chi connectivity index (χ4n) is 2.36. The van der Waals surface area contributed by atoms with E-state index in [-0.39, 0.29) is 11.4 Å². The molecule has 7 heteroatoms. The van der Waals surface area contributed by atoms with Crippen molar-refractivity contribution in [1.82, 2.24) is 4.31 Å². The summed E-state index contributed by atoms with van der Waals surface area (Å²) in [6.07, 6.45) is 1.08. The van der Waals surface area contributed by atoms with Crippen LogP contribution in [0.2, 0.25) is 0 Å². The Morgan fingerprint density at radius 3 is 2.68 bits per heavy atom. The topological polar surface area (TPSA) is 87.8 Å². The lowest BCUT2D eigenvalue weighted by atomic mass is 10.0. The first-order chi connectivity index (χ1) is 8.82. The molecule has 0 bridgehead atoms. The summed E-state index contributed by atoms with van der Waals surface area (Å²) in [5, 5.41) is 9.01. The summed E-state index contributed by atoms with van der Waals surface area (Å²) < 4.78 is 31.4. The minimum atomic E-state index is -3.66. The number of sulfonamides is 1. The third-order valence-corrected chi connectivity index (χ3v) is 5.32. The van der Waals surface area contributed by atoms with E-state index in [1.165, 1.54) is 10.4 Å². The standard InChI is InChI=1S/C12H17NO5S/c1-8-6-11(9(2)18-8)19(16,17)13-5-3-4-10(7-13)12(14)15/h6,10H,3-5,7H2,1-2H3,(H,14,15). The van der Waals surface area contributed by atoms with Crippen LogP contribution >= 0.6 is 0 Å². The summed E-state index contributed by atoms with van der Waals surface area (Å²) >= 11 is 0. The van der Waals surface area contributed by atoms with E-state index in [9.17, 15) is 13.2 Å². The Hall–Kier alpha value is -1.34. The molecule has 1 fully saturated rings. The molecule has 0 amide bonds. The quantitative estimate of drug-likeness (QED) is 0.907. The smallest absolute Gasteiger partial charge is 0.307 e. The average molecular weight is 287 g/mol. The van der Waals surface area contributed by atoms with Crippen molar-refractivity contribution in [2.75, 3.05) is 13.1 Å². The van der Waals surface area contributed by atoms with E-state index in [2.05, 4.69) is 0 Å². The first-order valence-corrected chi connectivity index (χ1v) is 7.56.